The first-order valence-corrected chi connectivity index (χ1v) is 6.41. The maximum atomic E-state index is 11.8. The Kier molecular flexibility index (Phi) is 6.14. The van der Waals surface area contributed by atoms with Crippen molar-refractivity contribution in [1.82, 2.24) is 4.90 Å². The summed E-state index contributed by atoms with van der Waals surface area (Å²) in [6, 6.07) is 4.95. The van der Waals surface area contributed by atoms with Crippen LogP contribution in [0.5, 0.6) is 0 Å². The lowest BCUT2D eigenvalue weighted by atomic mass is 10.2. The first-order valence-electron chi connectivity index (χ1n) is 6.03. The number of anilines is 1. The highest BCUT2D eigenvalue weighted by Gasteiger charge is 2.21. The molecule has 1 rings (SSSR count). The van der Waals surface area contributed by atoms with Gasteiger partial charge in [0, 0.05) is 17.3 Å². The molecule has 0 fully saturated rings. The minimum atomic E-state index is -0.923. The van der Waals surface area contributed by atoms with Crippen molar-refractivity contribution in [3.63, 3.8) is 0 Å². The molecule has 0 aliphatic rings. The highest BCUT2D eigenvalue weighted by atomic mass is 35.5. The van der Waals surface area contributed by atoms with Crippen molar-refractivity contribution in [2.24, 2.45) is 5.73 Å². The summed E-state index contributed by atoms with van der Waals surface area (Å²) in [5.74, 6) is -1.81. The van der Waals surface area contributed by atoms with Crippen LogP contribution in [0.2, 0.25) is 5.02 Å². The van der Waals surface area contributed by atoms with Crippen LogP contribution in [-0.2, 0) is 14.4 Å². The van der Waals surface area contributed by atoms with Crippen molar-refractivity contribution in [1.29, 1.82) is 0 Å². The molecule has 0 radical (unpaired) electrons. The Bertz CT molecular complexity index is 520. The van der Waals surface area contributed by atoms with E-state index in [1.165, 1.54) is 0 Å². The van der Waals surface area contributed by atoms with Crippen LogP contribution in [0.4, 0.5) is 5.69 Å². The lowest BCUT2D eigenvalue weighted by Crippen LogP contribution is -2.40. The minimum Gasteiger partial charge on any atom is -0.330 e. The van der Waals surface area contributed by atoms with E-state index in [0.29, 0.717) is 35.6 Å². The zero-order valence-corrected chi connectivity index (χ0v) is 11.8. The Labute approximate surface area is 121 Å². The number of hydrogen-bond acceptors (Lipinski definition) is 4. The van der Waals surface area contributed by atoms with Crippen LogP contribution in [0.1, 0.15) is 12.0 Å². The molecule has 0 unspecified atom stereocenters. The van der Waals surface area contributed by atoms with E-state index < -0.39 is 11.8 Å². The molecule has 0 saturated carbocycles. The average molecular weight is 298 g/mol. The molecule has 108 valence electrons. The van der Waals surface area contributed by atoms with E-state index in [2.05, 4.69) is 5.32 Å². The first-order chi connectivity index (χ1) is 9.51. The highest BCUT2D eigenvalue weighted by molar-refractivity contribution is 6.41. The maximum absolute atomic E-state index is 11.8. The number of hydrogen-bond donors (Lipinski definition) is 2. The lowest BCUT2D eigenvalue weighted by molar-refractivity contribution is -0.146. The number of carbonyl (C=O) groups is 3. The van der Waals surface area contributed by atoms with Gasteiger partial charge in [0.2, 0.25) is 6.41 Å². The number of amides is 3. The van der Waals surface area contributed by atoms with E-state index in [9.17, 15) is 14.4 Å². The summed E-state index contributed by atoms with van der Waals surface area (Å²) in [5, 5.41) is 2.91. The van der Waals surface area contributed by atoms with Gasteiger partial charge in [-0.1, -0.05) is 17.7 Å². The average Bonchev–Trinajstić information content (AvgIpc) is 2.44. The summed E-state index contributed by atoms with van der Waals surface area (Å²) in [7, 11) is 0. The topological polar surface area (TPSA) is 92.5 Å². The van der Waals surface area contributed by atoms with Gasteiger partial charge in [-0.25, -0.2) is 0 Å². The summed E-state index contributed by atoms with van der Waals surface area (Å²) < 4.78 is 0. The molecule has 0 aliphatic heterocycles. The van der Waals surface area contributed by atoms with Gasteiger partial charge < -0.3 is 11.1 Å². The molecule has 0 heterocycles. The zero-order chi connectivity index (χ0) is 15.1. The molecule has 20 heavy (non-hydrogen) atoms. The zero-order valence-electron chi connectivity index (χ0n) is 11.1. The third kappa shape index (κ3) is 4.04. The SMILES string of the molecule is Cc1c(Cl)cccc1NC(=O)C(=O)N(C=O)CCCN. The molecule has 7 heteroatoms. The molecule has 3 N–H and O–H groups in total. The van der Waals surface area contributed by atoms with Gasteiger partial charge >= 0.3 is 11.8 Å². The predicted molar refractivity (Wildman–Crippen MR) is 76.3 cm³/mol. The van der Waals surface area contributed by atoms with Crippen molar-refractivity contribution in [3.8, 4) is 0 Å². The van der Waals surface area contributed by atoms with E-state index in [0.717, 1.165) is 4.90 Å². The van der Waals surface area contributed by atoms with Gasteiger partial charge in [-0.2, -0.15) is 0 Å². The number of halogens is 1. The fourth-order valence-corrected chi connectivity index (χ4v) is 1.69. The van der Waals surface area contributed by atoms with Crippen LogP contribution in [0.25, 0.3) is 0 Å². The van der Waals surface area contributed by atoms with Crippen molar-refractivity contribution < 1.29 is 14.4 Å². The summed E-state index contributed by atoms with van der Waals surface area (Å²) >= 11 is 5.92. The van der Waals surface area contributed by atoms with Crippen molar-refractivity contribution in [3.05, 3.63) is 28.8 Å². The van der Waals surface area contributed by atoms with Crippen LogP contribution >= 0.6 is 11.6 Å². The third-order valence-electron chi connectivity index (χ3n) is 2.70. The van der Waals surface area contributed by atoms with Gasteiger partial charge in [0.25, 0.3) is 0 Å². The van der Waals surface area contributed by atoms with Crippen LogP contribution < -0.4 is 11.1 Å². The third-order valence-corrected chi connectivity index (χ3v) is 3.11. The van der Waals surface area contributed by atoms with E-state index >= 15 is 0 Å². The Morgan fingerprint density at radius 1 is 1.45 bits per heavy atom. The number of nitrogens with one attached hydrogen (secondary N) is 1. The predicted octanol–water partition coefficient (Wildman–Crippen LogP) is 0.921. The van der Waals surface area contributed by atoms with Gasteiger partial charge in [-0.15, -0.1) is 0 Å². The largest absolute Gasteiger partial charge is 0.330 e. The number of nitrogens with zero attached hydrogens (tertiary/aromatic N) is 1. The Balaban J connectivity index is 2.77. The summed E-state index contributed by atoms with van der Waals surface area (Å²) in [4.78, 5) is 35.2. The molecule has 0 saturated heterocycles. The lowest BCUT2D eigenvalue weighted by Gasteiger charge is -2.15. The standard InChI is InChI=1S/C13H16ClN3O3/c1-9-10(14)4-2-5-11(9)16-12(19)13(20)17(8-18)7-3-6-15/h2,4-5,8H,3,6-7,15H2,1H3,(H,16,19). The molecule has 0 atom stereocenters. The molecule has 1 aromatic rings. The fraction of sp³-hybridized carbons (Fsp3) is 0.308. The molecular formula is C13H16ClN3O3. The van der Waals surface area contributed by atoms with Crippen molar-refractivity contribution in [2.45, 2.75) is 13.3 Å². The smallest absolute Gasteiger partial charge is 0.318 e. The number of nitrogens with two attached hydrogens (primary N) is 1. The normalized spacial score (nSPS) is 9.95. The molecule has 0 aliphatic carbocycles. The van der Waals surface area contributed by atoms with Crippen LogP contribution in [-0.4, -0.2) is 36.2 Å². The minimum absolute atomic E-state index is 0.112. The molecule has 0 bridgehead atoms. The van der Waals surface area contributed by atoms with E-state index in [-0.39, 0.29) is 6.54 Å². The molecular weight excluding hydrogens is 282 g/mol. The Hall–Kier alpha value is -1.92. The van der Waals surface area contributed by atoms with Crippen molar-refractivity contribution in [2.75, 3.05) is 18.4 Å². The fourth-order valence-electron chi connectivity index (χ4n) is 1.51. The Morgan fingerprint density at radius 2 is 2.15 bits per heavy atom. The molecule has 6 nitrogen and oxygen atoms in total. The van der Waals surface area contributed by atoms with E-state index in [1.807, 2.05) is 0 Å². The summed E-state index contributed by atoms with van der Waals surface area (Å²) in [6.07, 6.45) is 0.760. The number of imide groups is 1. The number of benzene rings is 1. The maximum Gasteiger partial charge on any atom is 0.318 e. The quantitative estimate of drug-likeness (QED) is 0.624. The van der Waals surface area contributed by atoms with Crippen LogP contribution in [0, 0.1) is 6.92 Å². The molecule has 0 aromatic heterocycles. The monoisotopic (exact) mass is 297 g/mol. The van der Waals surface area contributed by atoms with E-state index in [4.69, 9.17) is 17.3 Å². The Morgan fingerprint density at radius 3 is 2.75 bits per heavy atom. The highest BCUT2D eigenvalue weighted by Crippen LogP contribution is 2.22. The number of carbonyl (C=O) groups excluding carboxylic acids is 3. The van der Waals surface area contributed by atoms with Gasteiger partial charge in [0.05, 0.1) is 0 Å². The second kappa shape index (κ2) is 7.62. The van der Waals surface area contributed by atoms with Crippen LogP contribution in [0.3, 0.4) is 0 Å². The van der Waals surface area contributed by atoms with E-state index in [1.54, 1.807) is 25.1 Å². The number of rotatable bonds is 5. The molecule has 1 aromatic carbocycles. The van der Waals surface area contributed by atoms with Crippen molar-refractivity contribution >= 4 is 35.5 Å². The second-order valence-electron chi connectivity index (χ2n) is 4.11. The molecule has 3 amide bonds. The second-order valence-corrected chi connectivity index (χ2v) is 4.52. The van der Waals surface area contributed by atoms with Crippen LogP contribution in [0.15, 0.2) is 18.2 Å². The first kappa shape index (κ1) is 16.1. The molecule has 0 spiro atoms. The van der Waals surface area contributed by atoms with Gasteiger partial charge in [-0.3, -0.25) is 19.3 Å². The van der Waals surface area contributed by atoms with Gasteiger partial charge in [0.1, 0.15) is 0 Å². The van der Waals surface area contributed by atoms with Gasteiger partial charge in [-0.05, 0) is 37.6 Å². The van der Waals surface area contributed by atoms with Gasteiger partial charge in [0.15, 0.2) is 0 Å². The summed E-state index contributed by atoms with van der Waals surface area (Å²) in [6.45, 7) is 2.15. The summed E-state index contributed by atoms with van der Waals surface area (Å²) in [5.41, 5.74) is 6.38.